The van der Waals surface area contributed by atoms with Crippen molar-refractivity contribution in [1.82, 2.24) is 19.5 Å². The molecule has 226 valence electrons. The number of alkyl halides is 1. The maximum Gasteiger partial charge on any atom is 0.483 e. The number of anilines is 1. The number of aliphatic hydroxyl groups is 6. The Labute approximate surface area is 222 Å². The summed E-state index contributed by atoms with van der Waals surface area (Å²) in [5.74, 6) is 0.0224. The first kappa shape index (κ1) is 31.2. The first-order chi connectivity index (χ1) is 18.7. The van der Waals surface area contributed by atoms with Gasteiger partial charge in [0.05, 0.1) is 19.5 Å². The van der Waals surface area contributed by atoms with E-state index in [0.717, 1.165) is 6.33 Å². The van der Waals surface area contributed by atoms with Crippen molar-refractivity contribution in [3.8, 4) is 0 Å². The summed E-state index contributed by atoms with van der Waals surface area (Å²) in [6.07, 6.45) is -17.3. The van der Waals surface area contributed by atoms with Gasteiger partial charge in [-0.25, -0.2) is 28.5 Å². The number of aliphatic hydroxyl groups excluding tert-OH is 6. The molecule has 23 heteroatoms. The molecule has 40 heavy (non-hydrogen) atoms. The SMILES string of the molecule is Nc1ncnc2c1ncn2[C@@H]1O[C@H](COP(=O)(O)OP(=O)(O)O[C@@H]2O[C@H]([C@@H](O)CO)[C@@H](O)[C@H](O)[C@H]2F)[C@@H](O)[C@H]1O. The van der Waals surface area contributed by atoms with Crippen molar-refractivity contribution in [3.05, 3.63) is 12.7 Å². The van der Waals surface area contributed by atoms with Crippen LogP contribution in [0.3, 0.4) is 0 Å². The lowest BCUT2D eigenvalue weighted by Gasteiger charge is -2.40. The molecule has 2 aliphatic heterocycles. The van der Waals surface area contributed by atoms with E-state index >= 15 is 0 Å². The summed E-state index contributed by atoms with van der Waals surface area (Å²) in [5.41, 5.74) is 6.00. The van der Waals surface area contributed by atoms with Gasteiger partial charge in [0, 0.05) is 0 Å². The first-order valence-electron chi connectivity index (χ1n) is 11.2. The Kier molecular flexibility index (Phi) is 9.22. The summed E-state index contributed by atoms with van der Waals surface area (Å²) >= 11 is 0. The van der Waals surface area contributed by atoms with Crippen molar-refractivity contribution in [2.24, 2.45) is 0 Å². The number of phosphoric acid groups is 2. The van der Waals surface area contributed by atoms with Gasteiger partial charge in [0.25, 0.3) is 0 Å². The summed E-state index contributed by atoms with van der Waals surface area (Å²) in [4.78, 5) is 31.5. The molecule has 2 aromatic rings. The summed E-state index contributed by atoms with van der Waals surface area (Å²) in [7, 11) is -11.3. The van der Waals surface area contributed by atoms with Gasteiger partial charge in [-0.2, -0.15) is 4.31 Å². The topological polar surface area (TPSA) is 312 Å². The van der Waals surface area contributed by atoms with Crippen LogP contribution in [0.25, 0.3) is 11.2 Å². The molecule has 2 unspecified atom stereocenters. The molecular formula is C17H26FN5O15P2. The van der Waals surface area contributed by atoms with Gasteiger partial charge in [0.1, 0.15) is 54.6 Å². The van der Waals surface area contributed by atoms with Gasteiger partial charge in [-0.1, -0.05) is 0 Å². The largest absolute Gasteiger partial charge is 0.483 e. The van der Waals surface area contributed by atoms with E-state index in [1.807, 2.05) is 0 Å². The number of imidazole rings is 1. The maximum atomic E-state index is 14.4. The highest BCUT2D eigenvalue weighted by atomic mass is 31.3. The number of ether oxygens (including phenoxy) is 2. The number of rotatable bonds is 10. The van der Waals surface area contributed by atoms with Crippen LogP contribution in [0.4, 0.5) is 10.2 Å². The number of nitrogen functional groups attached to an aromatic ring is 1. The Balaban J connectivity index is 1.38. The predicted molar refractivity (Wildman–Crippen MR) is 122 cm³/mol. The fraction of sp³-hybridized carbons (Fsp3) is 0.706. The van der Waals surface area contributed by atoms with E-state index < -0.39 is 90.3 Å². The quantitative estimate of drug-likeness (QED) is 0.116. The van der Waals surface area contributed by atoms with Gasteiger partial charge in [0.15, 0.2) is 23.9 Å². The Morgan fingerprint density at radius 3 is 2.42 bits per heavy atom. The number of aromatic nitrogens is 4. The van der Waals surface area contributed by atoms with Gasteiger partial charge < -0.3 is 55.6 Å². The highest BCUT2D eigenvalue weighted by molar-refractivity contribution is 7.61. The van der Waals surface area contributed by atoms with E-state index in [2.05, 4.69) is 28.3 Å². The van der Waals surface area contributed by atoms with Crippen LogP contribution >= 0.6 is 15.6 Å². The average molecular weight is 621 g/mol. The van der Waals surface area contributed by atoms with E-state index in [-0.39, 0.29) is 17.0 Å². The fourth-order valence-corrected chi connectivity index (χ4v) is 6.13. The molecule has 0 aromatic carbocycles. The van der Waals surface area contributed by atoms with E-state index in [4.69, 9.17) is 20.3 Å². The van der Waals surface area contributed by atoms with Crippen LogP contribution in [0.2, 0.25) is 0 Å². The summed E-state index contributed by atoms with van der Waals surface area (Å²) in [6, 6.07) is 0. The zero-order valence-corrected chi connectivity index (χ0v) is 21.7. The molecule has 0 aliphatic carbocycles. The second-order valence-corrected chi connectivity index (χ2v) is 11.7. The number of phosphoric ester groups is 2. The standard InChI is InChI=1S/C17H26FN5O15P2/c18-7-10(27)11(28)13(5(25)1-24)36-17(7)37-40(32,33)38-39(30,31)34-2-6-9(26)12(29)16(35-6)23-4-22-8-14(19)20-3-21-15(8)23/h3-7,9-13,16-17,24-29H,1-2H2,(H,30,31)(H,32,33)(H2,19,20,21)/t5-,6+,7+,9+,10+,11-,12+,13+,16+,17-/m0/s1. The second kappa shape index (κ2) is 11.8. The van der Waals surface area contributed by atoms with Gasteiger partial charge >= 0.3 is 15.6 Å². The Morgan fingerprint density at radius 1 is 1.05 bits per heavy atom. The minimum atomic E-state index is -5.73. The van der Waals surface area contributed by atoms with E-state index in [1.54, 1.807) is 0 Å². The van der Waals surface area contributed by atoms with Crippen molar-refractivity contribution in [2.75, 3.05) is 18.9 Å². The van der Waals surface area contributed by atoms with Crippen LogP contribution in [-0.2, 0) is 32.0 Å². The van der Waals surface area contributed by atoms with Crippen molar-refractivity contribution in [3.63, 3.8) is 0 Å². The highest BCUT2D eigenvalue weighted by Crippen LogP contribution is 2.61. The number of nitrogens with two attached hydrogens (primary N) is 1. The fourth-order valence-electron chi connectivity index (χ4n) is 3.98. The average Bonchev–Trinajstić information content (AvgIpc) is 3.43. The molecule has 0 saturated carbocycles. The van der Waals surface area contributed by atoms with Gasteiger partial charge in [-0.3, -0.25) is 13.6 Å². The molecule has 2 fully saturated rings. The van der Waals surface area contributed by atoms with Crippen LogP contribution in [0.15, 0.2) is 12.7 Å². The van der Waals surface area contributed by atoms with Crippen LogP contribution < -0.4 is 5.73 Å². The third kappa shape index (κ3) is 6.33. The molecule has 10 N–H and O–H groups in total. The van der Waals surface area contributed by atoms with Crippen molar-refractivity contribution in [1.29, 1.82) is 0 Å². The number of nitrogens with zero attached hydrogens (tertiary/aromatic N) is 4. The van der Waals surface area contributed by atoms with Gasteiger partial charge in [-0.05, 0) is 0 Å². The lowest BCUT2D eigenvalue weighted by atomic mass is 9.96. The summed E-state index contributed by atoms with van der Waals surface area (Å²) in [6.45, 7) is -2.01. The van der Waals surface area contributed by atoms with Crippen molar-refractivity contribution < 1.29 is 76.8 Å². The second-order valence-electron chi connectivity index (χ2n) is 8.69. The van der Waals surface area contributed by atoms with Gasteiger partial charge in [0.2, 0.25) is 6.29 Å². The molecule has 2 aliphatic rings. The number of hydrogen-bond acceptors (Lipinski definition) is 17. The molecule has 12 atom stereocenters. The van der Waals surface area contributed by atoms with Crippen LogP contribution in [0.5, 0.6) is 0 Å². The lowest BCUT2D eigenvalue weighted by Crippen LogP contribution is -2.60. The molecule has 0 amide bonds. The molecule has 0 radical (unpaired) electrons. The normalized spacial score (nSPS) is 36.8. The van der Waals surface area contributed by atoms with Crippen LogP contribution in [-0.4, -0.2) is 128 Å². The minimum absolute atomic E-state index is 0.0224. The van der Waals surface area contributed by atoms with Crippen LogP contribution in [0, 0.1) is 0 Å². The van der Waals surface area contributed by atoms with E-state index in [9.17, 15) is 48.8 Å². The Morgan fingerprint density at radius 2 is 1.75 bits per heavy atom. The minimum Gasteiger partial charge on any atom is -0.394 e. The number of fused-ring (bicyclic) bond motifs is 1. The molecule has 2 saturated heterocycles. The highest BCUT2D eigenvalue weighted by Gasteiger charge is 2.52. The monoisotopic (exact) mass is 621 g/mol. The predicted octanol–water partition coefficient (Wildman–Crippen LogP) is -3.58. The molecular weight excluding hydrogens is 595 g/mol. The van der Waals surface area contributed by atoms with E-state index in [0.29, 0.717) is 0 Å². The smallest absolute Gasteiger partial charge is 0.394 e. The zero-order valence-electron chi connectivity index (χ0n) is 19.9. The van der Waals surface area contributed by atoms with Crippen molar-refractivity contribution >= 4 is 32.6 Å². The first-order valence-corrected chi connectivity index (χ1v) is 14.2. The molecule has 0 spiro atoms. The summed E-state index contributed by atoms with van der Waals surface area (Å²) in [5, 5.41) is 59.0. The Hall–Kier alpha value is -1.78. The number of halogens is 1. The number of hydrogen-bond donors (Lipinski definition) is 9. The Bertz CT molecular complexity index is 1290. The lowest BCUT2D eigenvalue weighted by molar-refractivity contribution is -0.279. The van der Waals surface area contributed by atoms with Crippen molar-refractivity contribution in [2.45, 2.75) is 61.4 Å². The molecule has 20 nitrogen and oxygen atoms in total. The summed E-state index contributed by atoms with van der Waals surface area (Å²) < 4.78 is 63.5. The molecule has 4 heterocycles. The maximum absolute atomic E-state index is 14.4. The van der Waals surface area contributed by atoms with Crippen LogP contribution in [0.1, 0.15) is 6.23 Å². The van der Waals surface area contributed by atoms with E-state index in [1.165, 1.54) is 10.9 Å². The molecule has 2 aromatic heterocycles. The van der Waals surface area contributed by atoms with Gasteiger partial charge in [-0.15, -0.1) is 0 Å². The molecule has 4 rings (SSSR count). The molecule has 0 bridgehead atoms. The third-order valence-electron chi connectivity index (χ3n) is 5.97. The third-order valence-corrected chi connectivity index (χ3v) is 8.57. The zero-order chi connectivity index (χ0) is 29.6.